The minimum Gasteiger partial charge on any atom is -0.491 e. The lowest BCUT2D eigenvalue weighted by molar-refractivity contribution is -0.151. The number of hydrogen-bond donors (Lipinski definition) is 1. The summed E-state index contributed by atoms with van der Waals surface area (Å²) < 4.78 is 64.6. The average Bonchev–Trinajstić information content (AvgIpc) is 3.15. The molecule has 0 heterocycles. The molecule has 2 rings (SSSR count). The molecule has 1 fully saturated rings. The van der Waals surface area contributed by atoms with Crippen molar-refractivity contribution in [1.82, 2.24) is 0 Å². The predicted octanol–water partition coefficient (Wildman–Crippen LogP) is 3.74. The van der Waals surface area contributed by atoms with Crippen LogP contribution in [0, 0.1) is 34.1 Å². The standard InChI is InChI=1S/C18H18F4O5/c1-8(15(23)24)5-18(7-17(18,2)3)16(25)27-6-9-10(19)12(21)14(26-4)13(22)11(9)20/h5H,6-7H2,1-4H3,(H,23,24)/b8-5+. The number of rotatable bonds is 6. The van der Waals surface area contributed by atoms with Crippen molar-refractivity contribution in [2.45, 2.75) is 33.8 Å². The summed E-state index contributed by atoms with van der Waals surface area (Å²) in [5, 5.41) is 9.00. The van der Waals surface area contributed by atoms with E-state index >= 15 is 0 Å². The van der Waals surface area contributed by atoms with Crippen LogP contribution in [0.2, 0.25) is 0 Å². The van der Waals surface area contributed by atoms with Crippen molar-refractivity contribution in [3.05, 3.63) is 40.5 Å². The van der Waals surface area contributed by atoms with Gasteiger partial charge in [-0.2, -0.15) is 8.78 Å². The first-order chi connectivity index (χ1) is 12.4. The second kappa shape index (κ2) is 6.86. The Morgan fingerprint density at radius 1 is 1.11 bits per heavy atom. The summed E-state index contributed by atoms with van der Waals surface area (Å²) in [6.07, 6.45) is 1.47. The third-order valence-electron chi connectivity index (χ3n) is 4.83. The predicted molar refractivity (Wildman–Crippen MR) is 84.8 cm³/mol. The molecule has 1 aromatic carbocycles. The maximum atomic E-state index is 14.0. The monoisotopic (exact) mass is 390 g/mol. The van der Waals surface area contributed by atoms with Crippen LogP contribution < -0.4 is 4.74 Å². The van der Waals surface area contributed by atoms with Crippen molar-refractivity contribution in [2.24, 2.45) is 10.8 Å². The fourth-order valence-corrected chi connectivity index (χ4v) is 2.97. The fourth-order valence-electron chi connectivity index (χ4n) is 2.97. The molecule has 0 bridgehead atoms. The molecule has 9 heteroatoms. The maximum absolute atomic E-state index is 14.0. The number of aliphatic carboxylic acids is 1. The second-order valence-electron chi connectivity index (χ2n) is 7.01. The number of methoxy groups -OCH3 is 1. The van der Waals surface area contributed by atoms with E-state index in [9.17, 15) is 27.2 Å². The Morgan fingerprint density at radius 2 is 1.59 bits per heavy atom. The van der Waals surface area contributed by atoms with E-state index in [4.69, 9.17) is 9.84 Å². The summed E-state index contributed by atoms with van der Waals surface area (Å²) in [6, 6.07) is 0. The Morgan fingerprint density at radius 3 is 1.96 bits per heavy atom. The highest BCUT2D eigenvalue weighted by molar-refractivity contribution is 5.90. The van der Waals surface area contributed by atoms with E-state index in [2.05, 4.69) is 4.74 Å². The number of ether oxygens (including phenoxy) is 2. The highest BCUT2D eigenvalue weighted by Crippen LogP contribution is 2.65. The first-order valence-corrected chi connectivity index (χ1v) is 7.88. The number of carboxylic acids is 1. The number of carbonyl (C=O) groups excluding carboxylic acids is 1. The topological polar surface area (TPSA) is 72.8 Å². The van der Waals surface area contributed by atoms with Crippen LogP contribution in [0.5, 0.6) is 5.75 Å². The van der Waals surface area contributed by atoms with E-state index in [1.165, 1.54) is 13.0 Å². The van der Waals surface area contributed by atoms with Crippen molar-refractivity contribution >= 4 is 11.9 Å². The van der Waals surface area contributed by atoms with Gasteiger partial charge in [-0.25, -0.2) is 13.6 Å². The zero-order valence-corrected chi connectivity index (χ0v) is 15.1. The Labute approximate surface area is 152 Å². The van der Waals surface area contributed by atoms with Gasteiger partial charge >= 0.3 is 11.9 Å². The van der Waals surface area contributed by atoms with Gasteiger partial charge < -0.3 is 14.6 Å². The third-order valence-corrected chi connectivity index (χ3v) is 4.83. The quantitative estimate of drug-likeness (QED) is 0.347. The molecule has 148 valence electrons. The first kappa shape index (κ1) is 20.7. The molecule has 1 aliphatic rings. The first-order valence-electron chi connectivity index (χ1n) is 7.88. The number of halogens is 4. The van der Waals surface area contributed by atoms with Gasteiger partial charge in [-0.1, -0.05) is 19.9 Å². The van der Waals surface area contributed by atoms with E-state index in [1.807, 2.05) is 0 Å². The highest BCUT2D eigenvalue weighted by Gasteiger charge is 2.66. The van der Waals surface area contributed by atoms with Crippen molar-refractivity contribution in [3.63, 3.8) is 0 Å². The summed E-state index contributed by atoms with van der Waals surface area (Å²) in [5.41, 5.74) is -3.15. The molecule has 0 amide bonds. The van der Waals surface area contributed by atoms with Gasteiger partial charge in [0.05, 0.1) is 18.1 Å². The Balaban J connectivity index is 2.31. The minimum absolute atomic E-state index is 0.101. The van der Waals surface area contributed by atoms with Crippen LogP contribution in [-0.4, -0.2) is 24.2 Å². The number of esters is 1. The molecule has 27 heavy (non-hydrogen) atoms. The summed E-state index contributed by atoms with van der Waals surface area (Å²) in [6.45, 7) is 3.60. The van der Waals surface area contributed by atoms with Gasteiger partial charge in [0.2, 0.25) is 11.6 Å². The highest BCUT2D eigenvalue weighted by atomic mass is 19.2. The summed E-state index contributed by atoms with van der Waals surface area (Å²) in [7, 11) is 0.843. The fraction of sp³-hybridized carbons (Fsp3) is 0.444. The summed E-state index contributed by atoms with van der Waals surface area (Å²) >= 11 is 0. The minimum atomic E-state index is -1.74. The molecule has 1 unspecified atom stereocenters. The molecule has 0 aliphatic heterocycles. The largest absolute Gasteiger partial charge is 0.491 e. The number of hydrogen-bond acceptors (Lipinski definition) is 4. The Bertz CT molecular complexity index is 818. The summed E-state index contributed by atoms with van der Waals surface area (Å²) in [5.74, 6) is -10.4. The second-order valence-corrected chi connectivity index (χ2v) is 7.01. The zero-order valence-electron chi connectivity index (χ0n) is 15.1. The average molecular weight is 390 g/mol. The lowest BCUT2D eigenvalue weighted by atomic mass is 9.93. The van der Waals surface area contributed by atoms with E-state index in [1.54, 1.807) is 13.8 Å². The molecule has 5 nitrogen and oxygen atoms in total. The normalized spacial score (nSPS) is 21.0. The van der Waals surface area contributed by atoms with Crippen molar-refractivity contribution in [3.8, 4) is 5.75 Å². The zero-order chi connectivity index (χ0) is 20.7. The molecule has 0 spiro atoms. The third kappa shape index (κ3) is 3.38. The molecule has 1 atom stereocenters. The molecular formula is C18H18F4O5. The SMILES string of the molecule is COc1c(F)c(F)c(COC(=O)C2(/C=C(\C)C(=O)O)CC2(C)C)c(F)c1F. The molecule has 0 aromatic heterocycles. The van der Waals surface area contributed by atoms with Gasteiger partial charge in [-0.15, -0.1) is 0 Å². The number of carboxylic acid groups (broad SMARTS) is 1. The van der Waals surface area contributed by atoms with Crippen LogP contribution in [0.4, 0.5) is 17.6 Å². The van der Waals surface area contributed by atoms with E-state index in [0.717, 1.165) is 7.11 Å². The van der Waals surface area contributed by atoms with E-state index in [0.29, 0.717) is 0 Å². The Hall–Kier alpha value is -2.58. The molecule has 1 saturated carbocycles. The van der Waals surface area contributed by atoms with Gasteiger partial charge in [-0.05, 0) is 18.8 Å². The van der Waals surface area contributed by atoms with Crippen LogP contribution in [0.3, 0.4) is 0 Å². The van der Waals surface area contributed by atoms with Crippen LogP contribution >= 0.6 is 0 Å². The number of benzene rings is 1. The smallest absolute Gasteiger partial charge is 0.330 e. The number of carbonyl (C=O) groups is 2. The lowest BCUT2D eigenvalue weighted by Gasteiger charge is -2.17. The van der Waals surface area contributed by atoms with Crippen LogP contribution in [-0.2, 0) is 20.9 Å². The van der Waals surface area contributed by atoms with Crippen LogP contribution in [0.1, 0.15) is 32.8 Å². The molecule has 0 saturated heterocycles. The van der Waals surface area contributed by atoms with Gasteiger partial charge in [0.25, 0.3) is 0 Å². The van der Waals surface area contributed by atoms with Crippen LogP contribution in [0.15, 0.2) is 11.6 Å². The van der Waals surface area contributed by atoms with Crippen molar-refractivity contribution in [1.29, 1.82) is 0 Å². The Kier molecular flexibility index (Phi) is 5.27. The van der Waals surface area contributed by atoms with E-state index in [-0.39, 0.29) is 12.0 Å². The molecule has 0 radical (unpaired) electrons. The van der Waals surface area contributed by atoms with Crippen LogP contribution in [0.25, 0.3) is 0 Å². The van der Waals surface area contributed by atoms with Gasteiger partial charge in [-0.3, -0.25) is 4.79 Å². The molecular weight excluding hydrogens is 372 g/mol. The molecule has 1 aliphatic carbocycles. The van der Waals surface area contributed by atoms with Gasteiger partial charge in [0.15, 0.2) is 17.4 Å². The van der Waals surface area contributed by atoms with Gasteiger partial charge in [0.1, 0.15) is 6.61 Å². The van der Waals surface area contributed by atoms with Crippen molar-refractivity contribution in [2.75, 3.05) is 7.11 Å². The summed E-state index contributed by atoms with van der Waals surface area (Å²) in [4.78, 5) is 23.5. The molecule has 1 N–H and O–H groups in total. The lowest BCUT2D eigenvalue weighted by Crippen LogP contribution is -2.24. The van der Waals surface area contributed by atoms with Crippen molar-refractivity contribution < 1.29 is 41.7 Å². The molecule has 1 aromatic rings. The van der Waals surface area contributed by atoms with Gasteiger partial charge in [0, 0.05) is 5.57 Å². The maximum Gasteiger partial charge on any atom is 0.330 e. The van der Waals surface area contributed by atoms with E-state index < -0.39 is 64.0 Å².